The average molecular weight is 354 g/mol. The van der Waals surface area contributed by atoms with E-state index in [2.05, 4.69) is 10.3 Å². The summed E-state index contributed by atoms with van der Waals surface area (Å²) in [6, 6.07) is 15.8. The number of aromatic carboxylic acids is 1. The van der Waals surface area contributed by atoms with Crippen LogP contribution in [0.25, 0.3) is 0 Å². The van der Waals surface area contributed by atoms with Crippen LogP contribution in [0, 0.1) is 0 Å². The summed E-state index contributed by atoms with van der Waals surface area (Å²) in [6.45, 7) is 5.75. The summed E-state index contributed by atoms with van der Waals surface area (Å²) in [5.41, 5.74) is 1.12. The van der Waals surface area contributed by atoms with Gasteiger partial charge in [-0.15, -0.1) is 0 Å². The molecule has 2 aromatic rings. The molecule has 26 heavy (non-hydrogen) atoms. The van der Waals surface area contributed by atoms with Gasteiger partial charge in [0.05, 0.1) is 5.56 Å². The first-order chi connectivity index (χ1) is 12.2. The fourth-order valence-corrected chi connectivity index (χ4v) is 2.13. The topological polar surface area (TPSA) is 88.0 Å². The molecular formula is C20H22N2O4. The maximum atomic E-state index is 12.1. The lowest BCUT2D eigenvalue weighted by Crippen LogP contribution is -2.28. The van der Waals surface area contributed by atoms with Crippen LogP contribution in [0.15, 0.2) is 59.6 Å². The molecule has 1 amide bonds. The number of nitrogens with one attached hydrogen (secondary N) is 1. The molecule has 6 nitrogen and oxygen atoms in total. The molecule has 0 atom stereocenters. The van der Waals surface area contributed by atoms with Gasteiger partial charge in [-0.3, -0.25) is 0 Å². The van der Waals surface area contributed by atoms with E-state index >= 15 is 0 Å². The Hall–Kier alpha value is -3.15. The molecule has 0 aliphatic rings. The Morgan fingerprint density at radius 3 is 2.12 bits per heavy atom. The molecule has 2 N–H and O–H groups in total. The Morgan fingerprint density at radius 2 is 1.58 bits per heavy atom. The van der Waals surface area contributed by atoms with Crippen LogP contribution < -0.4 is 5.32 Å². The average Bonchev–Trinajstić information content (AvgIpc) is 2.58. The van der Waals surface area contributed by atoms with Gasteiger partial charge in [0.15, 0.2) is 0 Å². The highest BCUT2D eigenvalue weighted by Crippen LogP contribution is 2.10. The second-order valence-electron chi connectivity index (χ2n) is 6.66. The largest absolute Gasteiger partial charge is 0.478 e. The van der Waals surface area contributed by atoms with Gasteiger partial charge in [0.1, 0.15) is 11.4 Å². The van der Waals surface area contributed by atoms with Gasteiger partial charge in [0.25, 0.3) is 0 Å². The van der Waals surface area contributed by atoms with Gasteiger partial charge in [0.2, 0.25) is 0 Å². The summed E-state index contributed by atoms with van der Waals surface area (Å²) < 4.78 is 5.24. The number of hydrogen-bond acceptors (Lipinski definition) is 3. The number of amidine groups is 1. The summed E-state index contributed by atoms with van der Waals surface area (Å²) in [6.07, 6.45) is -0.713. The zero-order valence-electron chi connectivity index (χ0n) is 15.0. The van der Waals surface area contributed by atoms with Gasteiger partial charge >= 0.3 is 12.1 Å². The number of ether oxygens (including phenoxy) is 1. The monoisotopic (exact) mass is 354 g/mol. The van der Waals surface area contributed by atoms with Crippen LogP contribution in [-0.2, 0) is 11.3 Å². The van der Waals surface area contributed by atoms with Crippen molar-refractivity contribution in [3.8, 4) is 0 Å². The van der Waals surface area contributed by atoms with Crippen LogP contribution in [0.1, 0.15) is 42.3 Å². The first-order valence-corrected chi connectivity index (χ1v) is 8.18. The first kappa shape index (κ1) is 19.2. The number of carboxylic acids is 1. The molecule has 0 spiro atoms. The SMILES string of the molecule is CC(C)(C)OC(=O)/N=C(\NCc1ccccc1)c1ccc(C(=O)O)cc1. The lowest BCUT2D eigenvalue weighted by molar-refractivity contribution is 0.0602. The van der Waals surface area contributed by atoms with Crippen molar-refractivity contribution >= 4 is 17.9 Å². The highest BCUT2D eigenvalue weighted by atomic mass is 16.6. The molecule has 136 valence electrons. The molecule has 0 saturated carbocycles. The van der Waals surface area contributed by atoms with Crippen LogP contribution in [0.5, 0.6) is 0 Å². The fraction of sp³-hybridized carbons (Fsp3) is 0.250. The van der Waals surface area contributed by atoms with Gasteiger partial charge < -0.3 is 15.2 Å². The third-order valence-electron chi connectivity index (χ3n) is 3.30. The Bertz CT molecular complexity index is 791. The molecule has 0 radical (unpaired) electrons. The van der Waals surface area contributed by atoms with Gasteiger partial charge in [0, 0.05) is 12.1 Å². The minimum absolute atomic E-state index is 0.161. The maximum Gasteiger partial charge on any atom is 0.436 e. The van der Waals surface area contributed by atoms with Crippen LogP contribution in [0.3, 0.4) is 0 Å². The van der Waals surface area contributed by atoms with Crippen molar-refractivity contribution in [1.29, 1.82) is 0 Å². The van der Waals surface area contributed by atoms with Crippen molar-refractivity contribution in [3.05, 3.63) is 71.3 Å². The van der Waals surface area contributed by atoms with Crippen molar-refractivity contribution in [2.24, 2.45) is 4.99 Å². The van der Waals surface area contributed by atoms with Gasteiger partial charge in [-0.1, -0.05) is 42.5 Å². The first-order valence-electron chi connectivity index (χ1n) is 8.18. The molecule has 0 fully saturated rings. The van der Waals surface area contributed by atoms with E-state index in [4.69, 9.17) is 9.84 Å². The van der Waals surface area contributed by atoms with Crippen molar-refractivity contribution in [2.45, 2.75) is 32.9 Å². The summed E-state index contributed by atoms with van der Waals surface area (Å²) >= 11 is 0. The summed E-state index contributed by atoms with van der Waals surface area (Å²) in [7, 11) is 0. The predicted molar refractivity (Wildman–Crippen MR) is 99.5 cm³/mol. The van der Waals surface area contributed by atoms with Crippen LogP contribution >= 0.6 is 0 Å². The molecule has 0 aliphatic carbocycles. The Labute approximate surface area is 152 Å². The third-order valence-corrected chi connectivity index (χ3v) is 3.30. The molecule has 2 aromatic carbocycles. The molecule has 0 saturated heterocycles. The standard InChI is InChI=1S/C20H22N2O4/c1-20(2,3)26-19(25)22-17(21-13-14-7-5-4-6-8-14)15-9-11-16(12-10-15)18(23)24/h4-12H,13H2,1-3H3,(H,23,24)(H,21,22,25). The second kappa shape index (κ2) is 8.29. The van der Waals surface area contributed by atoms with E-state index in [0.717, 1.165) is 5.56 Å². The predicted octanol–water partition coefficient (Wildman–Crippen LogP) is 3.86. The number of benzene rings is 2. The fourth-order valence-electron chi connectivity index (χ4n) is 2.13. The number of aliphatic imine (C=N–C) groups is 1. The molecular weight excluding hydrogens is 332 g/mol. The van der Waals surface area contributed by atoms with E-state index in [-0.39, 0.29) is 5.56 Å². The van der Waals surface area contributed by atoms with Crippen molar-refractivity contribution in [3.63, 3.8) is 0 Å². The smallest absolute Gasteiger partial charge is 0.436 e. The van der Waals surface area contributed by atoms with E-state index in [0.29, 0.717) is 17.9 Å². The van der Waals surface area contributed by atoms with E-state index in [1.165, 1.54) is 12.1 Å². The number of amides is 1. The Kier molecular flexibility index (Phi) is 6.11. The zero-order valence-corrected chi connectivity index (χ0v) is 15.0. The number of nitrogens with zero attached hydrogens (tertiary/aromatic N) is 1. The van der Waals surface area contributed by atoms with Crippen LogP contribution in [-0.4, -0.2) is 28.6 Å². The third kappa shape index (κ3) is 6.05. The second-order valence-corrected chi connectivity index (χ2v) is 6.66. The van der Waals surface area contributed by atoms with E-state index in [1.54, 1.807) is 32.9 Å². The van der Waals surface area contributed by atoms with E-state index < -0.39 is 17.7 Å². The highest BCUT2D eigenvalue weighted by Gasteiger charge is 2.17. The van der Waals surface area contributed by atoms with E-state index in [1.807, 2.05) is 30.3 Å². The number of carbonyl (C=O) groups excluding carboxylic acids is 1. The molecule has 0 aromatic heterocycles. The number of hydrogen-bond donors (Lipinski definition) is 2. The van der Waals surface area contributed by atoms with Crippen molar-refractivity contribution in [2.75, 3.05) is 0 Å². The minimum atomic E-state index is -1.01. The van der Waals surface area contributed by atoms with Crippen LogP contribution in [0.4, 0.5) is 4.79 Å². The van der Waals surface area contributed by atoms with E-state index in [9.17, 15) is 9.59 Å². The molecule has 6 heteroatoms. The van der Waals surface area contributed by atoms with Gasteiger partial charge in [-0.05, 0) is 38.5 Å². The molecule has 0 unspecified atom stereocenters. The summed E-state index contributed by atoms with van der Waals surface area (Å²) in [4.78, 5) is 27.1. The zero-order chi connectivity index (χ0) is 19.2. The number of carbonyl (C=O) groups is 2. The molecule has 0 heterocycles. The van der Waals surface area contributed by atoms with Gasteiger partial charge in [-0.25, -0.2) is 9.59 Å². The molecule has 0 aliphatic heterocycles. The minimum Gasteiger partial charge on any atom is -0.478 e. The van der Waals surface area contributed by atoms with Crippen molar-refractivity contribution in [1.82, 2.24) is 5.32 Å². The van der Waals surface area contributed by atoms with Crippen molar-refractivity contribution < 1.29 is 19.4 Å². The van der Waals surface area contributed by atoms with Crippen LogP contribution in [0.2, 0.25) is 0 Å². The Morgan fingerprint density at radius 1 is 1.00 bits per heavy atom. The normalized spacial score (nSPS) is 11.7. The molecule has 2 rings (SSSR count). The summed E-state index contributed by atoms with van der Waals surface area (Å²) in [5, 5.41) is 12.1. The number of carboxylic acid groups (broad SMARTS) is 1. The lowest BCUT2D eigenvalue weighted by atomic mass is 10.1. The Balaban J connectivity index is 2.25. The summed E-state index contributed by atoms with van der Waals surface area (Å²) in [5.74, 6) is -0.695. The molecule has 0 bridgehead atoms. The maximum absolute atomic E-state index is 12.1. The number of rotatable bonds is 4. The highest BCUT2D eigenvalue weighted by molar-refractivity contribution is 6.04. The lowest BCUT2D eigenvalue weighted by Gasteiger charge is -2.18. The quantitative estimate of drug-likeness (QED) is 0.643. The van der Waals surface area contributed by atoms with Gasteiger partial charge in [-0.2, -0.15) is 4.99 Å².